The van der Waals surface area contributed by atoms with E-state index in [9.17, 15) is 9.59 Å². The molecule has 0 unspecified atom stereocenters. The summed E-state index contributed by atoms with van der Waals surface area (Å²) in [5, 5.41) is 10.4. The Hall–Kier alpha value is -4.40. The van der Waals surface area contributed by atoms with Crippen molar-refractivity contribution in [1.29, 1.82) is 0 Å². The molecule has 39 heavy (non-hydrogen) atoms. The molecule has 0 atom stereocenters. The number of alkyl carbamates (subject to hydrolysis) is 1. The van der Waals surface area contributed by atoms with E-state index in [2.05, 4.69) is 15.7 Å². The lowest BCUT2D eigenvalue weighted by Crippen LogP contribution is -2.52. The number of hydrogen-bond donors (Lipinski definition) is 2. The van der Waals surface area contributed by atoms with Crippen LogP contribution in [0, 0.1) is 0 Å². The number of carbonyl (C=O) groups excluding carboxylic acids is 2. The summed E-state index contributed by atoms with van der Waals surface area (Å²) in [6, 6.07) is 19.5. The largest absolute Gasteiger partial charge is 0.493 e. The molecule has 2 aromatic carbocycles. The van der Waals surface area contributed by atoms with Crippen LogP contribution in [-0.4, -0.2) is 46.4 Å². The van der Waals surface area contributed by atoms with Crippen LogP contribution in [0.4, 0.5) is 4.79 Å². The molecule has 1 fully saturated rings. The first-order valence-corrected chi connectivity index (χ1v) is 13.0. The zero-order valence-corrected chi connectivity index (χ0v) is 22.9. The normalized spacial score (nSPS) is 14.4. The van der Waals surface area contributed by atoms with Gasteiger partial charge < -0.3 is 20.1 Å². The maximum absolute atomic E-state index is 12.6. The minimum Gasteiger partial charge on any atom is -0.493 e. The molecule has 1 aliphatic carbocycles. The minimum absolute atomic E-state index is 0.221. The van der Waals surface area contributed by atoms with E-state index in [1.807, 2.05) is 75.4 Å². The third-order valence-electron chi connectivity index (χ3n) is 6.94. The highest BCUT2D eigenvalue weighted by Gasteiger charge is 2.41. The number of imidazole rings is 1. The SMILES string of the molecule is CNC(=O)c1cc(OC)c2nc(-c3ccc(C4(NC(=O)OC(C)(C)C)CCC4)cc3)c(-c3ccccc3)n2n1. The van der Waals surface area contributed by atoms with Gasteiger partial charge in [0.15, 0.2) is 17.1 Å². The van der Waals surface area contributed by atoms with Crippen molar-refractivity contribution in [3.8, 4) is 28.3 Å². The number of methoxy groups -OCH3 is 1. The number of fused-ring (bicyclic) bond motifs is 1. The van der Waals surface area contributed by atoms with Crippen molar-refractivity contribution < 1.29 is 19.1 Å². The van der Waals surface area contributed by atoms with E-state index < -0.39 is 17.2 Å². The van der Waals surface area contributed by atoms with Crippen LogP contribution in [0.15, 0.2) is 60.7 Å². The summed E-state index contributed by atoms with van der Waals surface area (Å²) >= 11 is 0. The Morgan fingerprint density at radius 2 is 1.69 bits per heavy atom. The van der Waals surface area contributed by atoms with Gasteiger partial charge in [-0.3, -0.25) is 4.79 Å². The summed E-state index contributed by atoms with van der Waals surface area (Å²) in [4.78, 5) is 30.0. The number of rotatable bonds is 6. The summed E-state index contributed by atoms with van der Waals surface area (Å²) in [5.41, 5.74) is 3.95. The molecule has 202 valence electrons. The quantitative estimate of drug-likeness (QED) is 0.351. The van der Waals surface area contributed by atoms with Crippen molar-refractivity contribution in [3.63, 3.8) is 0 Å². The summed E-state index contributed by atoms with van der Waals surface area (Å²) in [6.45, 7) is 5.57. The van der Waals surface area contributed by atoms with E-state index in [1.165, 1.54) is 0 Å². The molecule has 2 heterocycles. The van der Waals surface area contributed by atoms with Gasteiger partial charge in [0, 0.05) is 24.2 Å². The molecular formula is C30H33N5O4. The van der Waals surface area contributed by atoms with Gasteiger partial charge in [0.1, 0.15) is 11.3 Å². The molecule has 1 saturated carbocycles. The van der Waals surface area contributed by atoms with E-state index in [0.29, 0.717) is 17.1 Å². The van der Waals surface area contributed by atoms with E-state index in [4.69, 9.17) is 14.5 Å². The van der Waals surface area contributed by atoms with Gasteiger partial charge in [-0.1, -0.05) is 54.6 Å². The van der Waals surface area contributed by atoms with Gasteiger partial charge in [0.2, 0.25) is 0 Å². The van der Waals surface area contributed by atoms with Gasteiger partial charge in [-0.15, -0.1) is 0 Å². The number of ether oxygens (including phenoxy) is 2. The van der Waals surface area contributed by atoms with Crippen LogP contribution >= 0.6 is 0 Å². The second-order valence-electron chi connectivity index (χ2n) is 10.7. The molecule has 4 aromatic rings. The fraction of sp³-hybridized carbons (Fsp3) is 0.333. The van der Waals surface area contributed by atoms with Crippen molar-refractivity contribution >= 4 is 17.6 Å². The van der Waals surface area contributed by atoms with Crippen molar-refractivity contribution in [2.45, 2.75) is 51.2 Å². The molecule has 9 heteroatoms. The highest BCUT2D eigenvalue weighted by atomic mass is 16.6. The molecule has 0 aliphatic heterocycles. The number of benzene rings is 2. The summed E-state index contributed by atoms with van der Waals surface area (Å²) in [6.07, 6.45) is 2.31. The van der Waals surface area contributed by atoms with E-state index in [-0.39, 0.29) is 11.6 Å². The number of nitrogens with one attached hydrogen (secondary N) is 2. The lowest BCUT2D eigenvalue weighted by atomic mass is 9.71. The third-order valence-corrected chi connectivity index (χ3v) is 6.94. The molecule has 1 aliphatic rings. The highest BCUT2D eigenvalue weighted by Crippen LogP contribution is 2.43. The second kappa shape index (κ2) is 10.1. The Labute approximate surface area is 227 Å². The standard InChI is InChI=1S/C30H33N5O4/c1-29(2,3)39-28(37)33-30(16-9-17-30)21-14-12-19(13-15-21)24-25(20-10-7-6-8-11-20)35-26(32-24)23(38-5)18-22(34-35)27(36)31-4/h6-8,10-15,18H,9,16-17H2,1-5H3,(H,31,36)(H,33,37). The average molecular weight is 528 g/mol. The minimum atomic E-state index is -0.567. The van der Waals surface area contributed by atoms with Crippen LogP contribution in [0.3, 0.4) is 0 Å². The van der Waals surface area contributed by atoms with E-state index in [0.717, 1.165) is 41.6 Å². The maximum atomic E-state index is 12.6. The molecular weight excluding hydrogens is 494 g/mol. The second-order valence-corrected chi connectivity index (χ2v) is 10.7. The Bertz CT molecular complexity index is 1520. The van der Waals surface area contributed by atoms with Gasteiger partial charge in [0.05, 0.1) is 18.3 Å². The zero-order valence-electron chi connectivity index (χ0n) is 22.9. The molecule has 0 radical (unpaired) electrons. The van der Waals surface area contributed by atoms with Crippen LogP contribution in [0.25, 0.3) is 28.2 Å². The van der Waals surface area contributed by atoms with Gasteiger partial charge in [0.25, 0.3) is 5.91 Å². The number of carbonyl (C=O) groups is 2. The van der Waals surface area contributed by atoms with Crippen LogP contribution < -0.4 is 15.4 Å². The fourth-order valence-corrected chi connectivity index (χ4v) is 4.90. The maximum Gasteiger partial charge on any atom is 0.408 e. The summed E-state index contributed by atoms with van der Waals surface area (Å²) < 4.78 is 12.8. The first kappa shape index (κ1) is 26.2. The topological polar surface area (TPSA) is 107 Å². The van der Waals surface area contributed by atoms with Crippen molar-refractivity contribution in [2.24, 2.45) is 0 Å². The molecule has 5 rings (SSSR count). The Balaban J connectivity index is 1.59. The number of aromatic nitrogens is 3. The predicted octanol–water partition coefficient (Wildman–Crippen LogP) is 5.34. The van der Waals surface area contributed by atoms with Gasteiger partial charge >= 0.3 is 6.09 Å². The smallest absolute Gasteiger partial charge is 0.408 e. The van der Waals surface area contributed by atoms with Crippen LogP contribution in [0.1, 0.15) is 56.1 Å². The van der Waals surface area contributed by atoms with Gasteiger partial charge in [-0.25, -0.2) is 14.3 Å². The molecule has 2 amide bonds. The molecule has 2 aromatic heterocycles. The monoisotopic (exact) mass is 527 g/mol. The lowest BCUT2D eigenvalue weighted by Gasteiger charge is -2.43. The first-order valence-electron chi connectivity index (χ1n) is 13.0. The van der Waals surface area contributed by atoms with E-state index in [1.54, 1.807) is 24.7 Å². The van der Waals surface area contributed by atoms with Crippen molar-refractivity contribution in [3.05, 3.63) is 71.9 Å². The van der Waals surface area contributed by atoms with E-state index >= 15 is 0 Å². The Kier molecular flexibility index (Phi) is 6.76. The fourth-order valence-electron chi connectivity index (χ4n) is 4.90. The van der Waals surface area contributed by atoms with Crippen LogP contribution in [0.5, 0.6) is 5.75 Å². The number of amides is 2. The molecule has 2 N–H and O–H groups in total. The van der Waals surface area contributed by atoms with Crippen molar-refractivity contribution in [1.82, 2.24) is 25.2 Å². The number of hydrogen-bond acceptors (Lipinski definition) is 6. The van der Waals surface area contributed by atoms with Crippen molar-refractivity contribution in [2.75, 3.05) is 14.2 Å². The van der Waals surface area contributed by atoms with Crippen LogP contribution in [0.2, 0.25) is 0 Å². The predicted molar refractivity (Wildman–Crippen MR) is 149 cm³/mol. The average Bonchev–Trinajstić information content (AvgIpc) is 3.29. The zero-order chi connectivity index (χ0) is 27.8. The number of nitrogens with zero attached hydrogens (tertiary/aromatic N) is 3. The molecule has 0 saturated heterocycles. The summed E-state index contributed by atoms with van der Waals surface area (Å²) in [5.74, 6) is 0.121. The van der Waals surface area contributed by atoms with Crippen LogP contribution in [-0.2, 0) is 10.3 Å². The molecule has 0 bridgehead atoms. The highest BCUT2D eigenvalue weighted by molar-refractivity contribution is 5.93. The first-order chi connectivity index (χ1) is 18.6. The lowest BCUT2D eigenvalue weighted by molar-refractivity contribution is 0.0377. The molecule has 0 spiro atoms. The Morgan fingerprint density at radius 1 is 1.00 bits per heavy atom. The molecule has 9 nitrogen and oxygen atoms in total. The van der Waals surface area contributed by atoms with Gasteiger partial charge in [-0.05, 0) is 45.6 Å². The Morgan fingerprint density at radius 3 is 2.26 bits per heavy atom. The third kappa shape index (κ3) is 5.04. The summed E-state index contributed by atoms with van der Waals surface area (Å²) in [7, 11) is 3.11. The van der Waals surface area contributed by atoms with Gasteiger partial charge in [-0.2, -0.15) is 5.10 Å².